The average Bonchev–Trinajstić information content (AvgIpc) is 3.17. The third-order valence-corrected chi connectivity index (χ3v) is 4.25. The molecule has 3 rings (SSSR count). The molecule has 0 bridgehead atoms. The van der Waals surface area contributed by atoms with Crippen molar-refractivity contribution >= 4 is 28.7 Å². The number of anilines is 1. The summed E-state index contributed by atoms with van der Waals surface area (Å²) in [5.74, 6) is 0.152. The Bertz CT molecular complexity index is 910. The van der Waals surface area contributed by atoms with E-state index in [0.29, 0.717) is 17.5 Å². The number of benzene rings is 2. The number of carbonyl (C=O) groups is 1. The van der Waals surface area contributed by atoms with Crippen LogP contribution in [-0.2, 0) is 9.53 Å². The molecule has 0 radical (unpaired) electrons. The molecule has 138 valence electrons. The van der Waals surface area contributed by atoms with Gasteiger partial charge >= 0.3 is 5.97 Å². The monoisotopic (exact) mass is 381 g/mol. The van der Waals surface area contributed by atoms with Crippen LogP contribution in [0.3, 0.4) is 0 Å². The Hall–Kier alpha value is -3.19. The molecule has 0 saturated heterocycles. The highest BCUT2D eigenvalue weighted by molar-refractivity contribution is 7.14. The summed E-state index contributed by atoms with van der Waals surface area (Å²) in [5, 5.41) is 6.89. The molecule has 0 atom stereocenters. The summed E-state index contributed by atoms with van der Waals surface area (Å²) in [6.07, 6.45) is 1.63. The van der Waals surface area contributed by atoms with E-state index in [1.54, 1.807) is 19.2 Å². The van der Waals surface area contributed by atoms with Gasteiger partial charge in [-0.2, -0.15) is 5.10 Å². The van der Waals surface area contributed by atoms with Gasteiger partial charge in [-0.25, -0.2) is 9.78 Å². The number of esters is 1. The summed E-state index contributed by atoms with van der Waals surface area (Å²) in [5.41, 5.74) is 5.63. The van der Waals surface area contributed by atoms with E-state index in [1.807, 2.05) is 53.9 Å². The number of aromatic nitrogens is 1. The second-order valence-electron chi connectivity index (χ2n) is 5.41. The number of hydrogen-bond donors (Lipinski definition) is 1. The fraction of sp³-hybridized carbons (Fsp3) is 0.150. The lowest BCUT2D eigenvalue weighted by Crippen LogP contribution is -2.15. The Labute approximate surface area is 161 Å². The highest BCUT2D eigenvalue weighted by Crippen LogP contribution is 2.24. The minimum absolute atomic E-state index is 0.140. The van der Waals surface area contributed by atoms with Gasteiger partial charge in [0, 0.05) is 16.5 Å². The molecule has 0 aliphatic heterocycles. The number of rotatable bonds is 8. The van der Waals surface area contributed by atoms with Crippen molar-refractivity contribution in [1.82, 2.24) is 4.98 Å². The molecule has 0 unspecified atom stereocenters. The van der Waals surface area contributed by atoms with Gasteiger partial charge in [-0.3, -0.25) is 5.43 Å². The van der Waals surface area contributed by atoms with Gasteiger partial charge in [0.2, 0.25) is 5.13 Å². The van der Waals surface area contributed by atoms with Crippen LogP contribution < -0.4 is 10.2 Å². The van der Waals surface area contributed by atoms with Crippen LogP contribution in [-0.4, -0.2) is 30.4 Å². The van der Waals surface area contributed by atoms with Crippen LogP contribution in [0.15, 0.2) is 65.1 Å². The van der Waals surface area contributed by atoms with E-state index in [0.717, 1.165) is 16.8 Å². The van der Waals surface area contributed by atoms with E-state index in [2.05, 4.69) is 15.5 Å². The van der Waals surface area contributed by atoms with Gasteiger partial charge in [0.25, 0.3) is 0 Å². The highest BCUT2D eigenvalue weighted by Gasteiger charge is 2.06. The molecule has 1 N–H and O–H groups in total. The fourth-order valence-electron chi connectivity index (χ4n) is 2.28. The molecule has 0 saturated carbocycles. The quantitative estimate of drug-likeness (QED) is 0.360. The molecule has 0 aliphatic carbocycles. The Kier molecular flexibility index (Phi) is 6.54. The summed E-state index contributed by atoms with van der Waals surface area (Å²) >= 11 is 1.47. The van der Waals surface area contributed by atoms with Crippen LogP contribution >= 0.6 is 11.3 Å². The number of nitrogens with one attached hydrogen (secondary N) is 1. The maximum absolute atomic E-state index is 11.4. The lowest BCUT2D eigenvalue weighted by atomic mass is 10.2. The van der Waals surface area contributed by atoms with Crippen LogP contribution in [0.1, 0.15) is 12.5 Å². The van der Waals surface area contributed by atoms with E-state index in [1.165, 1.54) is 11.3 Å². The molecule has 7 heteroatoms. The number of carbonyl (C=O) groups excluding carboxylic acids is 1. The zero-order valence-electron chi connectivity index (χ0n) is 14.8. The number of ether oxygens (including phenoxy) is 2. The Morgan fingerprint density at radius 1 is 1.19 bits per heavy atom. The van der Waals surface area contributed by atoms with Gasteiger partial charge in [0.15, 0.2) is 6.61 Å². The molecule has 0 spiro atoms. The summed E-state index contributed by atoms with van der Waals surface area (Å²) < 4.78 is 10.4. The summed E-state index contributed by atoms with van der Waals surface area (Å²) in [7, 11) is 0. The van der Waals surface area contributed by atoms with Crippen molar-refractivity contribution in [2.24, 2.45) is 5.10 Å². The van der Waals surface area contributed by atoms with Crippen molar-refractivity contribution in [3.63, 3.8) is 0 Å². The standard InChI is InChI=1S/C20H19N3O3S/c1-2-25-19(24)13-26-18-11-7-6-10-16(18)12-21-23-20-22-17(14-27-20)15-8-4-3-5-9-15/h3-12,14H,2,13H2,1H3,(H,22,23). The van der Waals surface area contributed by atoms with Gasteiger partial charge in [0.05, 0.1) is 18.5 Å². The summed E-state index contributed by atoms with van der Waals surface area (Å²) in [6.45, 7) is 1.94. The van der Waals surface area contributed by atoms with E-state index in [4.69, 9.17) is 9.47 Å². The zero-order chi connectivity index (χ0) is 18.9. The van der Waals surface area contributed by atoms with Crippen molar-refractivity contribution < 1.29 is 14.3 Å². The van der Waals surface area contributed by atoms with Crippen LogP contribution in [0.25, 0.3) is 11.3 Å². The van der Waals surface area contributed by atoms with Crippen molar-refractivity contribution in [2.45, 2.75) is 6.92 Å². The van der Waals surface area contributed by atoms with Crippen molar-refractivity contribution in [1.29, 1.82) is 0 Å². The lowest BCUT2D eigenvalue weighted by molar-refractivity contribution is -0.145. The van der Waals surface area contributed by atoms with Crippen LogP contribution in [0.2, 0.25) is 0 Å². The second-order valence-corrected chi connectivity index (χ2v) is 6.26. The van der Waals surface area contributed by atoms with Crippen LogP contribution in [0.5, 0.6) is 5.75 Å². The number of para-hydroxylation sites is 1. The normalized spacial score (nSPS) is 10.7. The minimum Gasteiger partial charge on any atom is -0.481 e. The molecule has 0 amide bonds. The van der Waals surface area contributed by atoms with Gasteiger partial charge in [-0.05, 0) is 19.1 Å². The molecule has 0 fully saturated rings. The van der Waals surface area contributed by atoms with E-state index >= 15 is 0 Å². The predicted octanol–water partition coefficient (Wildman–Crippen LogP) is 4.20. The van der Waals surface area contributed by atoms with Crippen molar-refractivity contribution in [3.8, 4) is 17.0 Å². The van der Waals surface area contributed by atoms with E-state index in [9.17, 15) is 4.79 Å². The molecule has 27 heavy (non-hydrogen) atoms. The first-order valence-corrected chi connectivity index (χ1v) is 9.31. The minimum atomic E-state index is -0.404. The van der Waals surface area contributed by atoms with E-state index < -0.39 is 5.97 Å². The SMILES string of the molecule is CCOC(=O)COc1ccccc1C=NNc1nc(-c2ccccc2)cs1. The maximum Gasteiger partial charge on any atom is 0.344 e. The smallest absolute Gasteiger partial charge is 0.344 e. The number of thiazole rings is 1. The number of hydrazone groups is 1. The molecular weight excluding hydrogens is 362 g/mol. The fourth-order valence-corrected chi connectivity index (χ4v) is 2.95. The lowest BCUT2D eigenvalue weighted by Gasteiger charge is -2.08. The number of hydrogen-bond acceptors (Lipinski definition) is 7. The van der Waals surface area contributed by atoms with Gasteiger partial charge in [0.1, 0.15) is 5.75 Å². The third-order valence-electron chi connectivity index (χ3n) is 3.51. The first kappa shape index (κ1) is 18.6. The average molecular weight is 381 g/mol. The molecule has 1 aromatic heterocycles. The maximum atomic E-state index is 11.4. The predicted molar refractivity (Wildman–Crippen MR) is 107 cm³/mol. The van der Waals surface area contributed by atoms with Gasteiger partial charge in [-0.15, -0.1) is 11.3 Å². The molecule has 6 nitrogen and oxygen atoms in total. The van der Waals surface area contributed by atoms with Gasteiger partial charge in [-0.1, -0.05) is 42.5 Å². The topological polar surface area (TPSA) is 72.8 Å². The summed E-state index contributed by atoms with van der Waals surface area (Å²) in [6, 6.07) is 17.3. The first-order valence-electron chi connectivity index (χ1n) is 8.43. The number of nitrogens with zero attached hydrogens (tertiary/aromatic N) is 2. The molecule has 2 aromatic carbocycles. The second kappa shape index (κ2) is 9.49. The Balaban J connectivity index is 1.62. The Morgan fingerprint density at radius 3 is 2.78 bits per heavy atom. The van der Waals surface area contributed by atoms with Gasteiger partial charge < -0.3 is 9.47 Å². The zero-order valence-corrected chi connectivity index (χ0v) is 15.6. The van der Waals surface area contributed by atoms with Crippen LogP contribution in [0, 0.1) is 0 Å². The highest BCUT2D eigenvalue weighted by atomic mass is 32.1. The molecule has 1 heterocycles. The van der Waals surface area contributed by atoms with Crippen molar-refractivity contribution in [3.05, 3.63) is 65.5 Å². The third kappa shape index (κ3) is 5.39. The molecule has 0 aliphatic rings. The first-order chi connectivity index (χ1) is 13.3. The summed E-state index contributed by atoms with van der Waals surface area (Å²) in [4.78, 5) is 16.0. The van der Waals surface area contributed by atoms with E-state index in [-0.39, 0.29) is 6.61 Å². The molecule has 3 aromatic rings. The Morgan fingerprint density at radius 2 is 1.96 bits per heavy atom. The van der Waals surface area contributed by atoms with Crippen molar-refractivity contribution in [2.75, 3.05) is 18.6 Å². The van der Waals surface area contributed by atoms with Crippen LogP contribution in [0.4, 0.5) is 5.13 Å². The molecular formula is C20H19N3O3S. The largest absolute Gasteiger partial charge is 0.481 e.